The van der Waals surface area contributed by atoms with E-state index in [9.17, 15) is 4.79 Å². The maximum atomic E-state index is 12.3. The van der Waals surface area contributed by atoms with Crippen LogP contribution in [0.4, 0.5) is 11.5 Å². The molecular formula is C18H24N4O3. The number of ether oxygens (including phenoxy) is 2. The van der Waals surface area contributed by atoms with Gasteiger partial charge in [-0.3, -0.25) is 4.79 Å². The van der Waals surface area contributed by atoms with E-state index in [0.717, 1.165) is 13.0 Å². The molecule has 1 heterocycles. The number of anilines is 2. The minimum Gasteiger partial charge on any atom is -0.493 e. The molecule has 0 fully saturated rings. The first-order valence-electron chi connectivity index (χ1n) is 8.29. The van der Waals surface area contributed by atoms with E-state index in [1.165, 1.54) is 12.8 Å². The van der Waals surface area contributed by atoms with Crippen LogP contribution in [-0.4, -0.2) is 36.9 Å². The second-order valence-corrected chi connectivity index (χ2v) is 5.46. The summed E-state index contributed by atoms with van der Waals surface area (Å²) in [7, 11) is 3.10. The fourth-order valence-corrected chi connectivity index (χ4v) is 2.25. The van der Waals surface area contributed by atoms with E-state index in [4.69, 9.17) is 9.47 Å². The van der Waals surface area contributed by atoms with Crippen molar-refractivity contribution in [1.29, 1.82) is 0 Å². The van der Waals surface area contributed by atoms with Crippen LogP contribution in [-0.2, 0) is 0 Å². The van der Waals surface area contributed by atoms with Crippen molar-refractivity contribution in [1.82, 2.24) is 10.2 Å². The van der Waals surface area contributed by atoms with Crippen LogP contribution in [0.25, 0.3) is 0 Å². The normalized spacial score (nSPS) is 10.2. The van der Waals surface area contributed by atoms with Crippen molar-refractivity contribution < 1.29 is 14.3 Å². The molecule has 0 radical (unpaired) electrons. The molecule has 0 atom stereocenters. The highest BCUT2D eigenvalue weighted by Crippen LogP contribution is 2.29. The number of carbonyl (C=O) groups is 1. The molecule has 2 aromatic rings. The Labute approximate surface area is 147 Å². The summed E-state index contributed by atoms with van der Waals surface area (Å²) in [6.07, 6.45) is 3.43. The first-order valence-corrected chi connectivity index (χ1v) is 8.29. The quantitative estimate of drug-likeness (QED) is 0.679. The monoisotopic (exact) mass is 344 g/mol. The number of unbranched alkanes of at least 4 members (excludes halogenated alkanes) is 2. The molecule has 1 aromatic heterocycles. The van der Waals surface area contributed by atoms with Gasteiger partial charge in [-0.1, -0.05) is 19.8 Å². The number of hydrogen-bond donors (Lipinski definition) is 2. The van der Waals surface area contributed by atoms with Gasteiger partial charge in [-0.15, -0.1) is 10.2 Å². The lowest BCUT2D eigenvalue weighted by atomic mass is 10.2. The molecular weight excluding hydrogens is 320 g/mol. The van der Waals surface area contributed by atoms with E-state index in [2.05, 4.69) is 27.8 Å². The maximum absolute atomic E-state index is 12.3. The van der Waals surface area contributed by atoms with Crippen LogP contribution >= 0.6 is 0 Å². The van der Waals surface area contributed by atoms with Crippen molar-refractivity contribution in [3.05, 3.63) is 36.0 Å². The van der Waals surface area contributed by atoms with Gasteiger partial charge in [0.1, 0.15) is 5.82 Å². The fourth-order valence-electron chi connectivity index (χ4n) is 2.25. The number of nitrogens with one attached hydrogen (secondary N) is 2. The molecule has 2 rings (SSSR count). The van der Waals surface area contributed by atoms with E-state index >= 15 is 0 Å². The van der Waals surface area contributed by atoms with Crippen molar-refractivity contribution >= 4 is 17.4 Å². The Balaban J connectivity index is 1.96. The van der Waals surface area contributed by atoms with Gasteiger partial charge in [-0.05, 0) is 30.7 Å². The number of rotatable bonds is 9. The Morgan fingerprint density at radius 3 is 2.48 bits per heavy atom. The number of methoxy groups -OCH3 is 2. The topological polar surface area (TPSA) is 85.4 Å². The molecule has 7 heteroatoms. The van der Waals surface area contributed by atoms with Gasteiger partial charge in [0, 0.05) is 18.3 Å². The maximum Gasteiger partial charge on any atom is 0.276 e. The lowest BCUT2D eigenvalue weighted by molar-refractivity contribution is 0.102. The Morgan fingerprint density at radius 1 is 1.04 bits per heavy atom. The van der Waals surface area contributed by atoms with Crippen molar-refractivity contribution in [2.45, 2.75) is 26.2 Å². The van der Waals surface area contributed by atoms with Crippen LogP contribution in [0, 0.1) is 0 Å². The number of nitrogens with zero attached hydrogens (tertiary/aromatic N) is 2. The molecule has 0 aliphatic carbocycles. The zero-order valence-electron chi connectivity index (χ0n) is 14.8. The van der Waals surface area contributed by atoms with Crippen LogP contribution in [0.5, 0.6) is 11.5 Å². The molecule has 0 spiro atoms. The largest absolute Gasteiger partial charge is 0.493 e. The van der Waals surface area contributed by atoms with Crippen LogP contribution in [0.1, 0.15) is 36.7 Å². The standard InChI is InChI=1S/C18H24N4O3/c1-4-5-6-11-19-17-10-8-14(21-22-17)18(23)20-13-7-9-15(24-2)16(12-13)25-3/h7-10,12H,4-6,11H2,1-3H3,(H,19,22)(H,20,23). The van der Waals surface area contributed by atoms with Gasteiger partial charge in [0.15, 0.2) is 17.2 Å². The Morgan fingerprint density at radius 2 is 1.84 bits per heavy atom. The zero-order valence-corrected chi connectivity index (χ0v) is 14.8. The van der Waals surface area contributed by atoms with Gasteiger partial charge >= 0.3 is 0 Å². The highest BCUT2D eigenvalue weighted by Gasteiger charge is 2.11. The van der Waals surface area contributed by atoms with Gasteiger partial charge in [-0.2, -0.15) is 0 Å². The molecule has 1 amide bonds. The first kappa shape index (κ1) is 18.5. The smallest absolute Gasteiger partial charge is 0.276 e. The summed E-state index contributed by atoms with van der Waals surface area (Å²) in [5.74, 6) is 1.47. The fraction of sp³-hybridized carbons (Fsp3) is 0.389. The van der Waals surface area contributed by atoms with Crippen molar-refractivity contribution in [3.8, 4) is 11.5 Å². The van der Waals surface area contributed by atoms with Gasteiger partial charge in [-0.25, -0.2) is 0 Å². The van der Waals surface area contributed by atoms with Gasteiger partial charge < -0.3 is 20.1 Å². The van der Waals surface area contributed by atoms with E-state index in [1.54, 1.807) is 44.6 Å². The molecule has 1 aromatic carbocycles. The Kier molecular flexibility index (Phi) is 7.00. The number of aromatic nitrogens is 2. The zero-order chi connectivity index (χ0) is 18.1. The summed E-state index contributed by atoms with van der Waals surface area (Å²) < 4.78 is 10.4. The summed E-state index contributed by atoms with van der Waals surface area (Å²) in [6.45, 7) is 3.01. The molecule has 134 valence electrons. The summed E-state index contributed by atoms with van der Waals surface area (Å²) in [6, 6.07) is 8.54. The predicted molar refractivity (Wildman–Crippen MR) is 97.5 cm³/mol. The number of hydrogen-bond acceptors (Lipinski definition) is 6. The minimum atomic E-state index is -0.336. The second-order valence-electron chi connectivity index (χ2n) is 5.46. The van der Waals surface area contributed by atoms with Crippen LogP contribution in [0.2, 0.25) is 0 Å². The predicted octanol–water partition coefficient (Wildman–Crippen LogP) is 3.35. The lowest BCUT2D eigenvalue weighted by Crippen LogP contribution is -2.15. The van der Waals surface area contributed by atoms with Crippen molar-refractivity contribution in [3.63, 3.8) is 0 Å². The summed E-state index contributed by atoms with van der Waals surface area (Å²) in [5, 5.41) is 14.0. The van der Waals surface area contributed by atoms with E-state index in [1.807, 2.05) is 0 Å². The van der Waals surface area contributed by atoms with Crippen LogP contribution in [0.15, 0.2) is 30.3 Å². The average Bonchev–Trinajstić information content (AvgIpc) is 2.65. The molecule has 0 bridgehead atoms. The average molecular weight is 344 g/mol. The molecule has 2 N–H and O–H groups in total. The Hall–Kier alpha value is -2.83. The molecule has 0 aliphatic rings. The van der Waals surface area contributed by atoms with Gasteiger partial charge in [0.05, 0.1) is 14.2 Å². The van der Waals surface area contributed by atoms with Crippen molar-refractivity contribution in [2.75, 3.05) is 31.4 Å². The van der Waals surface area contributed by atoms with Crippen LogP contribution < -0.4 is 20.1 Å². The third kappa shape index (κ3) is 5.34. The molecule has 7 nitrogen and oxygen atoms in total. The van der Waals surface area contributed by atoms with E-state index < -0.39 is 0 Å². The van der Waals surface area contributed by atoms with Gasteiger partial charge in [0.2, 0.25) is 0 Å². The summed E-state index contributed by atoms with van der Waals surface area (Å²) in [4.78, 5) is 12.3. The molecule has 0 unspecified atom stereocenters. The molecule has 25 heavy (non-hydrogen) atoms. The molecule has 0 saturated carbocycles. The third-order valence-electron chi connectivity index (χ3n) is 3.63. The first-order chi connectivity index (χ1) is 12.2. The highest BCUT2D eigenvalue weighted by atomic mass is 16.5. The Bertz CT molecular complexity index is 689. The minimum absolute atomic E-state index is 0.244. The second kappa shape index (κ2) is 9.46. The summed E-state index contributed by atoms with van der Waals surface area (Å²) >= 11 is 0. The van der Waals surface area contributed by atoms with Crippen molar-refractivity contribution in [2.24, 2.45) is 0 Å². The summed E-state index contributed by atoms with van der Waals surface area (Å²) in [5.41, 5.74) is 0.833. The van der Waals surface area contributed by atoms with Gasteiger partial charge in [0.25, 0.3) is 5.91 Å². The SMILES string of the molecule is CCCCCNc1ccc(C(=O)Nc2ccc(OC)c(OC)c2)nn1. The van der Waals surface area contributed by atoms with E-state index in [-0.39, 0.29) is 11.6 Å². The highest BCUT2D eigenvalue weighted by molar-refractivity contribution is 6.02. The molecule has 0 aliphatic heterocycles. The number of carbonyl (C=O) groups excluding carboxylic acids is 1. The number of benzene rings is 1. The number of amides is 1. The molecule has 0 saturated heterocycles. The van der Waals surface area contributed by atoms with Crippen LogP contribution in [0.3, 0.4) is 0 Å². The lowest BCUT2D eigenvalue weighted by Gasteiger charge is -2.10. The van der Waals surface area contributed by atoms with E-state index in [0.29, 0.717) is 23.0 Å². The third-order valence-corrected chi connectivity index (χ3v) is 3.63.